The van der Waals surface area contributed by atoms with Gasteiger partial charge in [-0.25, -0.2) is 9.67 Å². The number of hydrogen-bond acceptors (Lipinski definition) is 4. The van der Waals surface area contributed by atoms with Gasteiger partial charge in [0, 0.05) is 16.3 Å². The average Bonchev–Trinajstić information content (AvgIpc) is 3.24. The summed E-state index contributed by atoms with van der Waals surface area (Å²) in [5, 5.41) is 8.21. The minimum Gasteiger partial charge on any atom is -0.493 e. The van der Waals surface area contributed by atoms with Crippen LogP contribution in [0, 0.1) is 0 Å². The summed E-state index contributed by atoms with van der Waals surface area (Å²) in [6, 6.07) is 24.5. The standard InChI is InChI=1S/C27H25N3O2/c1-4-11-22-20-16-23(31-2)24(32-3)17-21(20)25-26(18-12-7-5-8-13-18)29-30(27(25)28-22)19-14-9-6-10-15-19/h5-10,12-17H,4,11H2,1-3H3. The smallest absolute Gasteiger partial charge is 0.164 e. The van der Waals surface area contributed by atoms with Crippen LogP contribution in [0.15, 0.2) is 72.8 Å². The Morgan fingerprint density at radius 1 is 0.812 bits per heavy atom. The molecule has 2 aromatic heterocycles. The largest absolute Gasteiger partial charge is 0.493 e. The molecular weight excluding hydrogens is 398 g/mol. The lowest BCUT2D eigenvalue weighted by Crippen LogP contribution is -2.01. The molecule has 2 heterocycles. The summed E-state index contributed by atoms with van der Waals surface area (Å²) >= 11 is 0. The summed E-state index contributed by atoms with van der Waals surface area (Å²) in [7, 11) is 3.33. The third-order valence-electron chi connectivity index (χ3n) is 5.74. The van der Waals surface area contributed by atoms with Crippen LogP contribution in [0.25, 0.3) is 38.8 Å². The van der Waals surface area contributed by atoms with E-state index in [0.29, 0.717) is 11.5 Å². The molecular formula is C27H25N3O2. The fourth-order valence-electron chi connectivity index (χ4n) is 4.25. The van der Waals surface area contributed by atoms with Gasteiger partial charge in [0.1, 0.15) is 5.69 Å². The van der Waals surface area contributed by atoms with Crippen molar-refractivity contribution in [3.63, 3.8) is 0 Å². The molecule has 5 rings (SSSR count). The first-order valence-corrected chi connectivity index (χ1v) is 10.8. The Labute approximate surface area is 187 Å². The predicted octanol–water partition coefficient (Wildman–Crippen LogP) is 6.21. The zero-order valence-electron chi connectivity index (χ0n) is 18.5. The van der Waals surface area contributed by atoms with Crippen molar-refractivity contribution in [3.05, 3.63) is 78.5 Å². The van der Waals surface area contributed by atoms with Gasteiger partial charge in [-0.15, -0.1) is 0 Å². The van der Waals surface area contributed by atoms with Crippen LogP contribution >= 0.6 is 0 Å². The average molecular weight is 424 g/mol. The van der Waals surface area contributed by atoms with Crippen LogP contribution in [-0.2, 0) is 6.42 Å². The van der Waals surface area contributed by atoms with Gasteiger partial charge in [-0.2, -0.15) is 5.10 Å². The first-order valence-electron chi connectivity index (χ1n) is 10.8. The number of methoxy groups -OCH3 is 2. The lowest BCUT2D eigenvalue weighted by atomic mass is 10.00. The number of hydrogen-bond donors (Lipinski definition) is 0. The van der Waals surface area contributed by atoms with Crippen molar-refractivity contribution in [2.24, 2.45) is 0 Å². The molecule has 0 atom stereocenters. The molecule has 0 spiro atoms. The quantitative estimate of drug-likeness (QED) is 0.326. The summed E-state index contributed by atoms with van der Waals surface area (Å²) in [5.74, 6) is 1.40. The minimum atomic E-state index is 0.696. The summed E-state index contributed by atoms with van der Waals surface area (Å²) < 4.78 is 13.2. The molecule has 32 heavy (non-hydrogen) atoms. The van der Waals surface area contributed by atoms with Crippen LogP contribution in [0.1, 0.15) is 19.0 Å². The molecule has 0 aliphatic rings. The number of aromatic nitrogens is 3. The third-order valence-corrected chi connectivity index (χ3v) is 5.74. The van der Waals surface area contributed by atoms with Crippen LogP contribution in [0.2, 0.25) is 0 Å². The van der Waals surface area contributed by atoms with Gasteiger partial charge < -0.3 is 9.47 Å². The van der Waals surface area contributed by atoms with Crippen LogP contribution in [0.3, 0.4) is 0 Å². The van der Waals surface area contributed by atoms with Crippen LogP contribution in [0.4, 0.5) is 0 Å². The monoisotopic (exact) mass is 423 g/mol. The van der Waals surface area contributed by atoms with E-state index in [1.54, 1.807) is 14.2 Å². The molecule has 3 aromatic carbocycles. The Morgan fingerprint density at radius 2 is 1.44 bits per heavy atom. The zero-order valence-corrected chi connectivity index (χ0v) is 18.5. The van der Waals surface area contributed by atoms with Crippen LogP contribution in [0.5, 0.6) is 11.5 Å². The maximum atomic E-state index is 5.66. The molecule has 0 saturated heterocycles. The number of ether oxygens (including phenoxy) is 2. The Hall–Kier alpha value is -3.86. The van der Waals surface area contributed by atoms with Gasteiger partial charge >= 0.3 is 0 Å². The molecule has 0 fully saturated rings. The molecule has 0 bridgehead atoms. The first-order chi connectivity index (χ1) is 15.7. The van der Waals surface area contributed by atoms with Crippen LogP contribution in [-0.4, -0.2) is 29.0 Å². The lowest BCUT2D eigenvalue weighted by molar-refractivity contribution is 0.356. The third kappa shape index (κ3) is 3.26. The Balaban J connectivity index is 1.96. The van der Waals surface area contributed by atoms with Crippen molar-refractivity contribution < 1.29 is 9.47 Å². The normalized spacial score (nSPS) is 11.2. The highest BCUT2D eigenvalue weighted by Gasteiger charge is 2.21. The fourth-order valence-corrected chi connectivity index (χ4v) is 4.25. The molecule has 0 aliphatic carbocycles. The van der Waals surface area contributed by atoms with Gasteiger partial charge in [-0.05, 0) is 30.7 Å². The van der Waals surface area contributed by atoms with Gasteiger partial charge in [0.2, 0.25) is 0 Å². The Kier molecular flexibility index (Phi) is 5.23. The highest BCUT2D eigenvalue weighted by molar-refractivity contribution is 6.13. The molecule has 0 N–H and O–H groups in total. The number of para-hydroxylation sites is 1. The molecule has 5 heteroatoms. The summed E-state index contributed by atoms with van der Waals surface area (Å²) in [5.41, 5.74) is 4.81. The second-order valence-electron chi connectivity index (χ2n) is 7.72. The summed E-state index contributed by atoms with van der Waals surface area (Å²) in [6.07, 6.45) is 1.86. The maximum Gasteiger partial charge on any atom is 0.164 e. The molecule has 0 amide bonds. The van der Waals surface area contributed by atoms with E-state index in [1.807, 2.05) is 47.1 Å². The second-order valence-corrected chi connectivity index (χ2v) is 7.72. The van der Waals surface area contributed by atoms with Gasteiger partial charge in [0.25, 0.3) is 0 Å². The SMILES string of the molecule is CCCc1nc2c(c(-c3ccccc3)nn2-c2ccccc2)c2cc(OC)c(OC)cc12. The van der Waals surface area contributed by atoms with E-state index in [4.69, 9.17) is 19.6 Å². The Morgan fingerprint density at radius 3 is 2.06 bits per heavy atom. The van der Waals surface area contributed by atoms with E-state index in [0.717, 1.165) is 57.3 Å². The second kappa shape index (κ2) is 8.35. The van der Waals surface area contributed by atoms with E-state index >= 15 is 0 Å². The number of rotatable bonds is 6. The Bertz CT molecular complexity index is 1390. The minimum absolute atomic E-state index is 0.696. The number of aryl methyl sites for hydroxylation is 1. The molecule has 0 aliphatic heterocycles. The van der Waals surface area contributed by atoms with Gasteiger partial charge in [0.15, 0.2) is 17.1 Å². The fraction of sp³-hybridized carbons (Fsp3) is 0.185. The number of nitrogens with zero attached hydrogens (tertiary/aromatic N) is 3. The van der Waals surface area contributed by atoms with Crippen molar-refractivity contribution >= 4 is 21.8 Å². The highest BCUT2D eigenvalue weighted by Crippen LogP contribution is 2.40. The van der Waals surface area contributed by atoms with E-state index in [2.05, 4.69) is 37.3 Å². The van der Waals surface area contributed by atoms with E-state index in [-0.39, 0.29) is 0 Å². The highest BCUT2D eigenvalue weighted by atomic mass is 16.5. The summed E-state index contributed by atoms with van der Waals surface area (Å²) in [6.45, 7) is 2.17. The van der Waals surface area contributed by atoms with Crippen molar-refractivity contribution in [1.29, 1.82) is 0 Å². The van der Waals surface area contributed by atoms with Crippen molar-refractivity contribution in [1.82, 2.24) is 14.8 Å². The molecule has 0 saturated carbocycles. The van der Waals surface area contributed by atoms with Crippen molar-refractivity contribution in [2.75, 3.05) is 14.2 Å². The zero-order chi connectivity index (χ0) is 22.1. The molecule has 0 unspecified atom stereocenters. The van der Waals surface area contributed by atoms with Crippen molar-refractivity contribution in [2.45, 2.75) is 19.8 Å². The van der Waals surface area contributed by atoms with Crippen LogP contribution < -0.4 is 9.47 Å². The van der Waals surface area contributed by atoms with Gasteiger partial charge in [-0.3, -0.25) is 0 Å². The predicted molar refractivity (Wildman–Crippen MR) is 129 cm³/mol. The van der Waals surface area contributed by atoms with E-state index in [9.17, 15) is 0 Å². The van der Waals surface area contributed by atoms with E-state index < -0.39 is 0 Å². The topological polar surface area (TPSA) is 49.2 Å². The maximum absolute atomic E-state index is 5.66. The summed E-state index contributed by atoms with van der Waals surface area (Å²) in [4.78, 5) is 5.15. The number of fused-ring (bicyclic) bond motifs is 3. The number of pyridine rings is 1. The van der Waals surface area contributed by atoms with Gasteiger partial charge in [0.05, 0.1) is 31.0 Å². The molecule has 160 valence electrons. The molecule has 5 aromatic rings. The first kappa shape index (κ1) is 20.1. The molecule has 5 nitrogen and oxygen atoms in total. The molecule has 0 radical (unpaired) electrons. The van der Waals surface area contributed by atoms with Crippen molar-refractivity contribution in [3.8, 4) is 28.4 Å². The lowest BCUT2D eigenvalue weighted by Gasteiger charge is -2.13. The van der Waals surface area contributed by atoms with Gasteiger partial charge in [-0.1, -0.05) is 61.9 Å². The number of benzene rings is 3. The van der Waals surface area contributed by atoms with E-state index in [1.165, 1.54) is 0 Å².